The summed E-state index contributed by atoms with van der Waals surface area (Å²) in [5, 5.41) is 11.5. The van der Waals surface area contributed by atoms with Crippen LogP contribution in [0.1, 0.15) is 13.8 Å². The van der Waals surface area contributed by atoms with Crippen molar-refractivity contribution in [1.82, 2.24) is 5.32 Å². The van der Waals surface area contributed by atoms with E-state index in [0.29, 0.717) is 18.9 Å². The molecule has 0 bridgehead atoms. The van der Waals surface area contributed by atoms with Crippen LogP contribution in [0.2, 0.25) is 0 Å². The summed E-state index contributed by atoms with van der Waals surface area (Å²) < 4.78 is 4.66. The minimum atomic E-state index is -0.375. The van der Waals surface area contributed by atoms with Crippen LogP contribution in [0.3, 0.4) is 0 Å². The molecule has 0 radical (unpaired) electrons. The molecule has 0 aliphatic heterocycles. The van der Waals surface area contributed by atoms with Gasteiger partial charge in [0.25, 0.3) is 0 Å². The second-order valence-corrected chi connectivity index (χ2v) is 3.72. The Labute approximate surface area is 83.0 Å². The second kappa shape index (κ2) is 8.19. The zero-order valence-corrected chi connectivity index (χ0v) is 8.89. The number of nitrogens with one attached hydrogen (secondary N) is 1. The molecule has 2 N–H and O–H groups in total. The van der Waals surface area contributed by atoms with Gasteiger partial charge in [-0.3, -0.25) is 0 Å². The van der Waals surface area contributed by atoms with Gasteiger partial charge in [0.15, 0.2) is 0 Å². The van der Waals surface area contributed by atoms with Crippen molar-refractivity contribution in [2.75, 3.05) is 24.7 Å². The molecule has 0 rings (SSSR count). The van der Waals surface area contributed by atoms with E-state index in [4.69, 9.17) is 5.11 Å². The summed E-state index contributed by atoms with van der Waals surface area (Å²) in [4.78, 5) is 10.7. The Bertz CT molecular complexity index is 141. The monoisotopic (exact) mass is 207 g/mol. The average Bonchev–Trinajstić information content (AvgIpc) is 2.03. The van der Waals surface area contributed by atoms with Crippen molar-refractivity contribution < 1.29 is 14.6 Å². The number of thioether (sulfide) groups is 1. The Kier molecular flexibility index (Phi) is 7.93. The van der Waals surface area contributed by atoms with E-state index in [2.05, 4.69) is 10.1 Å². The number of hydrogen-bond donors (Lipinski definition) is 2. The lowest BCUT2D eigenvalue weighted by Gasteiger charge is -2.05. The molecule has 1 amide bonds. The standard InChI is InChI=1S/C8H17NO3S/c1-3-12-8(11)9-4-5-13-6-7(2)10/h7,10H,3-6H2,1-2H3,(H,9,11). The molecule has 0 aliphatic carbocycles. The maximum absolute atomic E-state index is 10.7. The first-order valence-electron chi connectivity index (χ1n) is 4.33. The molecule has 1 atom stereocenters. The van der Waals surface area contributed by atoms with E-state index < -0.39 is 0 Å². The minimum absolute atomic E-state index is 0.285. The normalized spacial score (nSPS) is 12.2. The number of amides is 1. The lowest BCUT2D eigenvalue weighted by molar-refractivity contribution is 0.153. The number of carbonyl (C=O) groups is 1. The van der Waals surface area contributed by atoms with Gasteiger partial charge in [0.2, 0.25) is 0 Å². The number of alkyl carbamates (subject to hydrolysis) is 1. The summed E-state index contributed by atoms with van der Waals surface area (Å²) in [6, 6.07) is 0. The molecule has 1 unspecified atom stereocenters. The first-order valence-corrected chi connectivity index (χ1v) is 5.48. The van der Waals surface area contributed by atoms with Gasteiger partial charge in [-0.1, -0.05) is 0 Å². The van der Waals surface area contributed by atoms with E-state index >= 15 is 0 Å². The van der Waals surface area contributed by atoms with Crippen LogP contribution >= 0.6 is 11.8 Å². The van der Waals surface area contributed by atoms with Crippen LogP contribution in [0.25, 0.3) is 0 Å². The van der Waals surface area contributed by atoms with Gasteiger partial charge in [-0.25, -0.2) is 4.79 Å². The molecular weight excluding hydrogens is 190 g/mol. The van der Waals surface area contributed by atoms with Gasteiger partial charge >= 0.3 is 6.09 Å². The van der Waals surface area contributed by atoms with Gasteiger partial charge in [-0.05, 0) is 13.8 Å². The van der Waals surface area contributed by atoms with Gasteiger partial charge in [0.05, 0.1) is 12.7 Å². The number of aliphatic hydroxyl groups is 1. The Hall–Kier alpha value is -0.420. The van der Waals surface area contributed by atoms with Crippen molar-refractivity contribution >= 4 is 17.9 Å². The molecule has 4 nitrogen and oxygen atoms in total. The van der Waals surface area contributed by atoms with Crippen molar-refractivity contribution in [1.29, 1.82) is 0 Å². The zero-order chi connectivity index (χ0) is 10.1. The SMILES string of the molecule is CCOC(=O)NCCSCC(C)O. The van der Waals surface area contributed by atoms with E-state index in [1.54, 1.807) is 25.6 Å². The fourth-order valence-corrected chi connectivity index (χ4v) is 1.42. The van der Waals surface area contributed by atoms with Crippen LogP contribution in [-0.2, 0) is 4.74 Å². The van der Waals surface area contributed by atoms with Gasteiger partial charge < -0.3 is 15.2 Å². The van der Waals surface area contributed by atoms with Crippen molar-refractivity contribution in [2.24, 2.45) is 0 Å². The summed E-state index contributed by atoms with van der Waals surface area (Å²) >= 11 is 1.60. The molecule has 13 heavy (non-hydrogen) atoms. The molecule has 78 valence electrons. The van der Waals surface area contributed by atoms with Crippen LogP contribution in [0, 0.1) is 0 Å². The van der Waals surface area contributed by atoms with Crippen LogP contribution < -0.4 is 5.32 Å². The number of rotatable bonds is 6. The third-order valence-corrected chi connectivity index (χ3v) is 2.36. The largest absolute Gasteiger partial charge is 0.450 e. The highest BCUT2D eigenvalue weighted by Crippen LogP contribution is 2.00. The highest BCUT2D eigenvalue weighted by atomic mass is 32.2. The van der Waals surface area contributed by atoms with Crippen molar-refractivity contribution in [2.45, 2.75) is 20.0 Å². The number of aliphatic hydroxyl groups excluding tert-OH is 1. The first-order chi connectivity index (χ1) is 6.16. The van der Waals surface area contributed by atoms with E-state index in [-0.39, 0.29) is 12.2 Å². The Morgan fingerprint density at radius 2 is 2.38 bits per heavy atom. The smallest absolute Gasteiger partial charge is 0.407 e. The summed E-state index contributed by atoms with van der Waals surface area (Å²) in [6.45, 7) is 4.48. The molecule has 0 aliphatic rings. The number of carbonyl (C=O) groups excluding carboxylic acids is 1. The quantitative estimate of drug-likeness (QED) is 0.634. The summed E-state index contributed by atoms with van der Waals surface area (Å²) in [5.74, 6) is 1.49. The van der Waals surface area contributed by atoms with Crippen molar-refractivity contribution in [3.05, 3.63) is 0 Å². The summed E-state index contributed by atoms with van der Waals surface area (Å²) in [5.41, 5.74) is 0. The maximum atomic E-state index is 10.7. The topological polar surface area (TPSA) is 58.6 Å². The molecule has 0 spiro atoms. The average molecular weight is 207 g/mol. The summed E-state index contributed by atoms with van der Waals surface area (Å²) in [6.07, 6.45) is -0.659. The molecule has 0 aromatic heterocycles. The fraction of sp³-hybridized carbons (Fsp3) is 0.875. The van der Waals surface area contributed by atoms with E-state index in [1.165, 1.54) is 0 Å². The van der Waals surface area contributed by atoms with Gasteiger partial charge in [0, 0.05) is 18.1 Å². The van der Waals surface area contributed by atoms with Crippen LogP contribution in [0.5, 0.6) is 0 Å². The first kappa shape index (κ1) is 12.6. The molecule has 0 fully saturated rings. The van der Waals surface area contributed by atoms with Crippen LogP contribution in [0.4, 0.5) is 4.79 Å². The fourth-order valence-electron chi connectivity index (χ4n) is 0.661. The molecular formula is C8H17NO3S. The Morgan fingerprint density at radius 3 is 2.92 bits per heavy atom. The highest BCUT2D eigenvalue weighted by molar-refractivity contribution is 7.99. The predicted octanol–water partition coefficient (Wildman–Crippen LogP) is 0.847. The van der Waals surface area contributed by atoms with E-state index in [0.717, 1.165) is 5.75 Å². The molecule has 0 aromatic carbocycles. The van der Waals surface area contributed by atoms with Gasteiger partial charge in [0.1, 0.15) is 0 Å². The van der Waals surface area contributed by atoms with Crippen LogP contribution in [0.15, 0.2) is 0 Å². The van der Waals surface area contributed by atoms with Crippen LogP contribution in [-0.4, -0.2) is 42.0 Å². The third-order valence-electron chi connectivity index (χ3n) is 1.15. The molecule has 0 saturated carbocycles. The Morgan fingerprint density at radius 1 is 1.69 bits per heavy atom. The van der Waals surface area contributed by atoms with Crippen molar-refractivity contribution in [3.8, 4) is 0 Å². The van der Waals surface area contributed by atoms with Gasteiger partial charge in [-0.15, -0.1) is 0 Å². The minimum Gasteiger partial charge on any atom is -0.450 e. The van der Waals surface area contributed by atoms with Gasteiger partial charge in [-0.2, -0.15) is 11.8 Å². The second-order valence-electron chi connectivity index (χ2n) is 2.57. The zero-order valence-electron chi connectivity index (χ0n) is 8.08. The predicted molar refractivity (Wildman–Crippen MR) is 54.0 cm³/mol. The van der Waals surface area contributed by atoms with E-state index in [9.17, 15) is 4.79 Å². The lowest BCUT2D eigenvalue weighted by Crippen LogP contribution is -2.26. The summed E-state index contributed by atoms with van der Waals surface area (Å²) in [7, 11) is 0. The molecule has 0 aromatic rings. The Balaban J connectivity index is 3.11. The number of ether oxygens (including phenoxy) is 1. The molecule has 0 saturated heterocycles. The lowest BCUT2D eigenvalue weighted by atomic mass is 10.5. The third kappa shape index (κ3) is 9.49. The molecule has 5 heteroatoms. The maximum Gasteiger partial charge on any atom is 0.407 e. The number of hydrogen-bond acceptors (Lipinski definition) is 4. The highest BCUT2D eigenvalue weighted by Gasteiger charge is 1.99. The molecule has 0 heterocycles. The van der Waals surface area contributed by atoms with Crippen molar-refractivity contribution in [3.63, 3.8) is 0 Å². The van der Waals surface area contributed by atoms with E-state index in [1.807, 2.05) is 0 Å².